The van der Waals surface area contributed by atoms with E-state index < -0.39 is 0 Å². The van der Waals surface area contributed by atoms with E-state index in [4.69, 9.17) is 9.47 Å². The van der Waals surface area contributed by atoms with Crippen LogP contribution in [0.5, 0.6) is 0 Å². The van der Waals surface area contributed by atoms with Gasteiger partial charge in [0.15, 0.2) is 0 Å². The Balaban J connectivity index is 1.94. The van der Waals surface area contributed by atoms with E-state index in [1.807, 2.05) is 0 Å². The minimum atomic E-state index is 0.570. The molecule has 0 amide bonds. The monoisotopic (exact) mass is 356 g/mol. The van der Waals surface area contributed by atoms with Gasteiger partial charge in [-0.1, -0.05) is 6.07 Å². The van der Waals surface area contributed by atoms with Crippen molar-refractivity contribution in [3.05, 3.63) is 28.2 Å². The summed E-state index contributed by atoms with van der Waals surface area (Å²) in [5.41, 5.74) is 2.53. The average molecular weight is 357 g/mol. The lowest BCUT2D eigenvalue weighted by molar-refractivity contribution is 0.0854. The Morgan fingerprint density at radius 3 is 2.81 bits per heavy atom. The molecule has 1 aliphatic rings. The fraction of sp³-hybridized carbons (Fsp3) is 0.625. The summed E-state index contributed by atoms with van der Waals surface area (Å²) in [6, 6.07) is 7.16. The third-order valence-electron chi connectivity index (χ3n) is 3.94. The van der Waals surface area contributed by atoms with Crippen molar-refractivity contribution >= 4 is 21.6 Å². The number of hydrogen-bond acceptors (Lipinski definition) is 4. The lowest BCUT2D eigenvalue weighted by Gasteiger charge is -2.33. The van der Waals surface area contributed by atoms with Crippen LogP contribution in [0.1, 0.15) is 18.4 Å². The summed E-state index contributed by atoms with van der Waals surface area (Å²) < 4.78 is 11.6. The van der Waals surface area contributed by atoms with Gasteiger partial charge in [0.2, 0.25) is 0 Å². The second-order valence-corrected chi connectivity index (χ2v) is 6.26. The predicted octanol–water partition coefficient (Wildman–Crippen LogP) is 2.80. The van der Waals surface area contributed by atoms with Crippen LogP contribution in [0, 0.1) is 0 Å². The van der Waals surface area contributed by atoms with Gasteiger partial charge in [-0.3, -0.25) is 0 Å². The van der Waals surface area contributed by atoms with E-state index >= 15 is 0 Å². The lowest BCUT2D eigenvalue weighted by atomic mass is 10.1. The van der Waals surface area contributed by atoms with Crippen LogP contribution in [0.15, 0.2) is 22.7 Å². The molecule has 21 heavy (non-hydrogen) atoms. The first-order valence-corrected chi connectivity index (χ1v) is 8.30. The van der Waals surface area contributed by atoms with Crippen LogP contribution >= 0.6 is 15.9 Å². The SMILES string of the molecule is COCCNCc1ccc(N(C)C2CCOCC2)c(Br)c1. The van der Waals surface area contributed by atoms with E-state index in [2.05, 4.69) is 51.4 Å². The summed E-state index contributed by atoms with van der Waals surface area (Å²) in [6.45, 7) is 4.22. The van der Waals surface area contributed by atoms with Crippen molar-refractivity contribution in [3.63, 3.8) is 0 Å². The third kappa shape index (κ3) is 4.95. The number of rotatable bonds is 7. The quantitative estimate of drug-likeness (QED) is 0.761. The molecule has 1 saturated heterocycles. The summed E-state index contributed by atoms with van der Waals surface area (Å²) in [5.74, 6) is 0. The van der Waals surface area contributed by atoms with Gasteiger partial charge < -0.3 is 19.7 Å². The summed E-state index contributed by atoms with van der Waals surface area (Å²) in [6.07, 6.45) is 2.20. The van der Waals surface area contributed by atoms with Crippen molar-refractivity contribution in [1.29, 1.82) is 0 Å². The number of nitrogens with zero attached hydrogens (tertiary/aromatic N) is 1. The maximum absolute atomic E-state index is 5.44. The second-order valence-electron chi connectivity index (χ2n) is 5.41. The van der Waals surface area contributed by atoms with Crippen LogP contribution < -0.4 is 10.2 Å². The first-order chi connectivity index (χ1) is 10.2. The minimum absolute atomic E-state index is 0.570. The van der Waals surface area contributed by atoms with Crippen molar-refractivity contribution in [2.24, 2.45) is 0 Å². The Labute approximate surface area is 135 Å². The zero-order valence-electron chi connectivity index (χ0n) is 12.9. The van der Waals surface area contributed by atoms with Crippen LogP contribution in [0.4, 0.5) is 5.69 Å². The maximum atomic E-state index is 5.44. The minimum Gasteiger partial charge on any atom is -0.383 e. The fourth-order valence-electron chi connectivity index (χ4n) is 2.62. The predicted molar refractivity (Wildman–Crippen MR) is 90.0 cm³/mol. The molecule has 1 aromatic carbocycles. The molecule has 0 unspecified atom stereocenters. The number of hydrogen-bond donors (Lipinski definition) is 1. The summed E-state index contributed by atoms with van der Waals surface area (Å²) in [5, 5.41) is 3.37. The maximum Gasteiger partial charge on any atom is 0.0587 e. The highest BCUT2D eigenvalue weighted by Gasteiger charge is 2.20. The van der Waals surface area contributed by atoms with Gasteiger partial charge >= 0.3 is 0 Å². The van der Waals surface area contributed by atoms with Gasteiger partial charge in [0.1, 0.15) is 0 Å². The molecule has 4 nitrogen and oxygen atoms in total. The summed E-state index contributed by atoms with van der Waals surface area (Å²) in [7, 11) is 3.89. The molecule has 118 valence electrons. The van der Waals surface area contributed by atoms with E-state index in [1.54, 1.807) is 7.11 Å². The standard InChI is InChI=1S/C16H25BrN2O2/c1-19(14-5-8-21-9-6-14)16-4-3-13(11-15(16)17)12-18-7-10-20-2/h3-4,11,14,18H,5-10,12H2,1-2H3. The molecule has 1 fully saturated rings. The lowest BCUT2D eigenvalue weighted by Crippen LogP contribution is -2.36. The molecule has 0 aliphatic carbocycles. The Kier molecular flexibility index (Phi) is 6.96. The van der Waals surface area contributed by atoms with E-state index in [9.17, 15) is 0 Å². The highest BCUT2D eigenvalue weighted by Crippen LogP contribution is 2.30. The molecule has 1 N–H and O–H groups in total. The Morgan fingerprint density at radius 1 is 1.38 bits per heavy atom. The number of ether oxygens (including phenoxy) is 2. The van der Waals surface area contributed by atoms with Gasteiger partial charge in [-0.05, 0) is 46.5 Å². The highest BCUT2D eigenvalue weighted by atomic mass is 79.9. The molecule has 0 spiro atoms. The van der Waals surface area contributed by atoms with Crippen molar-refractivity contribution in [3.8, 4) is 0 Å². The van der Waals surface area contributed by atoms with Gasteiger partial charge in [-0.25, -0.2) is 0 Å². The molecule has 0 bridgehead atoms. The smallest absolute Gasteiger partial charge is 0.0587 e. The summed E-state index contributed by atoms with van der Waals surface area (Å²) in [4.78, 5) is 2.37. The first kappa shape index (κ1) is 16.7. The second kappa shape index (κ2) is 8.73. The zero-order valence-corrected chi connectivity index (χ0v) is 14.5. The first-order valence-electron chi connectivity index (χ1n) is 7.51. The molecule has 0 atom stereocenters. The number of halogens is 1. The molecule has 1 aliphatic heterocycles. The van der Waals surface area contributed by atoms with Crippen LogP contribution in [-0.4, -0.2) is 46.6 Å². The van der Waals surface area contributed by atoms with E-state index in [0.717, 1.165) is 50.2 Å². The van der Waals surface area contributed by atoms with Gasteiger partial charge in [0, 0.05) is 51.0 Å². The van der Waals surface area contributed by atoms with E-state index in [0.29, 0.717) is 6.04 Å². The molecule has 0 saturated carbocycles. The molecule has 1 aromatic rings. The van der Waals surface area contributed by atoms with E-state index in [1.165, 1.54) is 11.3 Å². The number of anilines is 1. The van der Waals surface area contributed by atoms with Crippen molar-refractivity contribution in [2.45, 2.75) is 25.4 Å². The number of methoxy groups -OCH3 is 1. The van der Waals surface area contributed by atoms with Crippen LogP contribution in [0.25, 0.3) is 0 Å². The van der Waals surface area contributed by atoms with Crippen LogP contribution in [0.3, 0.4) is 0 Å². The number of nitrogens with one attached hydrogen (secondary N) is 1. The van der Waals surface area contributed by atoms with Crippen LogP contribution in [0.2, 0.25) is 0 Å². The molecule has 1 heterocycles. The van der Waals surface area contributed by atoms with Gasteiger partial charge in [-0.2, -0.15) is 0 Å². The highest BCUT2D eigenvalue weighted by molar-refractivity contribution is 9.10. The zero-order chi connectivity index (χ0) is 15.1. The normalized spacial score (nSPS) is 16.1. The fourth-order valence-corrected chi connectivity index (χ4v) is 3.33. The van der Waals surface area contributed by atoms with Crippen molar-refractivity contribution in [2.75, 3.05) is 45.4 Å². The average Bonchev–Trinajstić information content (AvgIpc) is 2.52. The molecule has 2 rings (SSSR count). The Bertz CT molecular complexity index is 436. The largest absolute Gasteiger partial charge is 0.383 e. The molecular weight excluding hydrogens is 332 g/mol. The Morgan fingerprint density at radius 2 is 2.14 bits per heavy atom. The molecular formula is C16H25BrN2O2. The van der Waals surface area contributed by atoms with Crippen molar-refractivity contribution < 1.29 is 9.47 Å². The Hall–Kier alpha value is -0.620. The topological polar surface area (TPSA) is 33.7 Å². The summed E-state index contributed by atoms with van der Waals surface area (Å²) >= 11 is 3.71. The molecule has 5 heteroatoms. The van der Waals surface area contributed by atoms with Gasteiger partial charge in [-0.15, -0.1) is 0 Å². The van der Waals surface area contributed by atoms with Crippen LogP contribution in [-0.2, 0) is 16.0 Å². The molecule has 0 radical (unpaired) electrons. The third-order valence-corrected chi connectivity index (χ3v) is 4.58. The van der Waals surface area contributed by atoms with Crippen molar-refractivity contribution in [1.82, 2.24) is 5.32 Å². The van der Waals surface area contributed by atoms with Gasteiger partial charge in [0.25, 0.3) is 0 Å². The van der Waals surface area contributed by atoms with Gasteiger partial charge in [0.05, 0.1) is 12.3 Å². The number of benzene rings is 1. The van der Waals surface area contributed by atoms with E-state index in [-0.39, 0.29) is 0 Å². The molecule has 0 aromatic heterocycles.